The second-order valence-electron chi connectivity index (χ2n) is 5.73. The number of fused-ring (bicyclic) bond motifs is 1. The van der Waals surface area contributed by atoms with Crippen molar-refractivity contribution < 1.29 is 9.26 Å². The molecule has 130 valence electrons. The average molecular weight is 367 g/mol. The van der Waals surface area contributed by atoms with Crippen LogP contribution >= 0.6 is 11.6 Å². The molecule has 4 rings (SSSR count). The first-order valence-corrected chi connectivity index (χ1v) is 8.37. The zero-order valence-corrected chi connectivity index (χ0v) is 14.7. The van der Waals surface area contributed by atoms with Gasteiger partial charge in [0.25, 0.3) is 0 Å². The molecule has 0 radical (unpaired) electrons. The molecular weight excluding hydrogens is 352 g/mol. The Bertz CT molecular complexity index is 1050. The van der Waals surface area contributed by atoms with Gasteiger partial charge in [0, 0.05) is 11.6 Å². The maximum Gasteiger partial charge on any atom is 0.140 e. The van der Waals surface area contributed by atoms with Crippen molar-refractivity contribution in [1.82, 2.24) is 15.1 Å². The van der Waals surface area contributed by atoms with Crippen molar-refractivity contribution in [2.75, 3.05) is 5.32 Å². The topological polar surface area (TPSA) is 73.1 Å². The van der Waals surface area contributed by atoms with Crippen molar-refractivity contribution in [3.63, 3.8) is 0 Å². The van der Waals surface area contributed by atoms with Crippen molar-refractivity contribution in [1.29, 1.82) is 0 Å². The number of anilines is 2. The number of nitrogens with one attached hydrogen (secondary N) is 1. The van der Waals surface area contributed by atoms with Gasteiger partial charge < -0.3 is 14.6 Å². The van der Waals surface area contributed by atoms with E-state index in [0.29, 0.717) is 11.8 Å². The summed E-state index contributed by atoms with van der Waals surface area (Å²) in [5, 5.41) is 9.47. The standard InChI is InChI=1S/C19H15ClN4O2/c1-12-14(9-23-26-12)11-25-16-3-4-17-13(8-16)6-7-21-19(17)24-15-2-5-18(20)22-10-15/h2-10H,11H2,1H3,(H,21,24). The highest BCUT2D eigenvalue weighted by molar-refractivity contribution is 6.29. The normalized spacial score (nSPS) is 10.8. The lowest BCUT2D eigenvalue weighted by molar-refractivity contribution is 0.302. The third-order valence-corrected chi connectivity index (χ3v) is 4.19. The van der Waals surface area contributed by atoms with E-state index in [1.165, 1.54) is 0 Å². The van der Waals surface area contributed by atoms with E-state index in [1.807, 2.05) is 37.3 Å². The molecule has 1 aromatic carbocycles. The number of halogens is 1. The van der Waals surface area contributed by atoms with Crippen LogP contribution in [0, 0.1) is 6.92 Å². The maximum atomic E-state index is 5.85. The SMILES string of the molecule is Cc1oncc1COc1ccc2c(Nc3ccc(Cl)nc3)nccc2c1. The molecule has 0 unspecified atom stereocenters. The van der Waals surface area contributed by atoms with Crippen molar-refractivity contribution in [3.05, 3.63) is 71.5 Å². The Hall–Kier alpha value is -3.12. The second kappa shape index (κ2) is 7.01. The van der Waals surface area contributed by atoms with Gasteiger partial charge in [0.2, 0.25) is 0 Å². The summed E-state index contributed by atoms with van der Waals surface area (Å²) in [6.45, 7) is 2.27. The van der Waals surface area contributed by atoms with Gasteiger partial charge in [-0.05, 0) is 48.7 Å². The molecule has 0 aliphatic carbocycles. The Morgan fingerprint density at radius 1 is 1.12 bits per heavy atom. The molecule has 3 heterocycles. The van der Waals surface area contributed by atoms with Crippen LogP contribution in [-0.2, 0) is 6.61 Å². The zero-order valence-electron chi connectivity index (χ0n) is 13.9. The van der Waals surface area contributed by atoms with Crippen molar-refractivity contribution in [3.8, 4) is 5.75 Å². The summed E-state index contributed by atoms with van der Waals surface area (Å²) < 4.78 is 10.9. The van der Waals surface area contributed by atoms with Crippen molar-refractivity contribution in [2.24, 2.45) is 0 Å². The highest BCUT2D eigenvalue weighted by Gasteiger charge is 2.07. The molecule has 0 saturated heterocycles. The van der Waals surface area contributed by atoms with E-state index in [4.69, 9.17) is 20.9 Å². The third kappa shape index (κ3) is 3.45. The Kier molecular flexibility index (Phi) is 4.41. The molecule has 0 spiro atoms. The predicted octanol–water partition coefficient (Wildman–Crippen LogP) is 4.90. The number of nitrogens with zero attached hydrogens (tertiary/aromatic N) is 3. The molecular formula is C19H15ClN4O2. The van der Waals surface area contributed by atoms with Gasteiger partial charge in [0.1, 0.15) is 29.1 Å². The van der Waals surface area contributed by atoms with E-state index in [0.717, 1.165) is 39.4 Å². The number of aromatic nitrogens is 3. The first-order chi connectivity index (χ1) is 12.7. The molecule has 0 atom stereocenters. The zero-order chi connectivity index (χ0) is 17.9. The van der Waals surface area contributed by atoms with Crippen LogP contribution in [0.1, 0.15) is 11.3 Å². The van der Waals surface area contributed by atoms with Crippen LogP contribution in [0.2, 0.25) is 5.15 Å². The van der Waals surface area contributed by atoms with E-state index in [2.05, 4.69) is 20.4 Å². The second-order valence-corrected chi connectivity index (χ2v) is 6.12. The van der Waals surface area contributed by atoms with Gasteiger partial charge in [-0.15, -0.1) is 0 Å². The van der Waals surface area contributed by atoms with E-state index < -0.39 is 0 Å². The fourth-order valence-electron chi connectivity index (χ4n) is 2.55. The Morgan fingerprint density at radius 3 is 2.81 bits per heavy atom. The van der Waals surface area contributed by atoms with Gasteiger partial charge in [0.05, 0.1) is 23.6 Å². The fourth-order valence-corrected chi connectivity index (χ4v) is 2.66. The van der Waals surface area contributed by atoms with Crippen LogP contribution in [-0.4, -0.2) is 15.1 Å². The van der Waals surface area contributed by atoms with Crippen LogP contribution in [0.5, 0.6) is 5.75 Å². The molecule has 0 saturated carbocycles. The number of pyridine rings is 2. The molecule has 0 amide bonds. The van der Waals surface area contributed by atoms with E-state index in [9.17, 15) is 0 Å². The van der Waals surface area contributed by atoms with Gasteiger partial charge in [0.15, 0.2) is 0 Å². The third-order valence-electron chi connectivity index (χ3n) is 3.97. The maximum absolute atomic E-state index is 5.85. The summed E-state index contributed by atoms with van der Waals surface area (Å²) in [6.07, 6.45) is 5.09. The van der Waals surface area contributed by atoms with Gasteiger partial charge in [-0.2, -0.15) is 0 Å². The molecule has 3 aromatic heterocycles. The van der Waals surface area contributed by atoms with Crippen molar-refractivity contribution >= 4 is 33.9 Å². The summed E-state index contributed by atoms with van der Waals surface area (Å²) in [5.41, 5.74) is 1.75. The van der Waals surface area contributed by atoms with Crippen LogP contribution < -0.4 is 10.1 Å². The molecule has 7 heteroatoms. The van der Waals surface area contributed by atoms with Gasteiger partial charge in [-0.25, -0.2) is 9.97 Å². The predicted molar refractivity (Wildman–Crippen MR) is 99.8 cm³/mol. The summed E-state index contributed by atoms with van der Waals surface area (Å²) >= 11 is 5.83. The number of hydrogen-bond donors (Lipinski definition) is 1. The quantitative estimate of drug-likeness (QED) is 0.506. The number of ether oxygens (including phenoxy) is 1. The van der Waals surface area contributed by atoms with Crippen LogP contribution in [0.15, 0.2) is 59.5 Å². The number of rotatable bonds is 5. The molecule has 6 nitrogen and oxygen atoms in total. The minimum Gasteiger partial charge on any atom is -0.489 e. The monoisotopic (exact) mass is 366 g/mol. The number of hydrogen-bond acceptors (Lipinski definition) is 6. The summed E-state index contributed by atoms with van der Waals surface area (Å²) in [4.78, 5) is 8.49. The summed E-state index contributed by atoms with van der Waals surface area (Å²) in [6, 6.07) is 11.4. The molecule has 0 fully saturated rings. The number of benzene rings is 1. The first-order valence-electron chi connectivity index (χ1n) is 7.99. The minimum absolute atomic E-state index is 0.410. The van der Waals surface area contributed by atoms with Crippen molar-refractivity contribution in [2.45, 2.75) is 13.5 Å². The van der Waals surface area contributed by atoms with E-state index in [-0.39, 0.29) is 0 Å². The van der Waals surface area contributed by atoms with Gasteiger partial charge >= 0.3 is 0 Å². The Balaban J connectivity index is 1.57. The highest BCUT2D eigenvalue weighted by Crippen LogP contribution is 2.28. The molecule has 4 aromatic rings. The van der Waals surface area contributed by atoms with Crippen LogP contribution in [0.25, 0.3) is 10.8 Å². The lowest BCUT2D eigenvalue weighted by Gasteiger charge is -2.10. The largest absolute Gasteiger partial charge is 0.489 e. The van der Waals surface area contributed by atoms with E-state index in [1.54, 1.807) is 24.7 Å². The lowest BCUT2D eigenvalue weighted by atomic mass is 10.1. The first kappa shape index (κ1) is 16.4. The van der Waals surface area contributed by atoms with Gasteiger partial charge in [-0.1, -0.05) is 16.8 Å². The number of aryl methyl sites for hydroxylation is 1. The minimum atomic E-state index is 0.410. The lowest BCUT2D eigenvalue weighted by Crippen LogP contribution is -1.97. The van der Waals surface area contributed by atoms with Crippen LogP contribution in [0.4, 0.5) is 11.5 Å². The fraction of sp³-hybridized carbons (Fsp3) is 0.105. The molecule has 0 aliphatic heterocycles. The Labute approximate surface area is 154 Å². The van der Waals surface area contributed by atoms with Crippen LogP contribution in [0.3, 0.4) is 0 Å². The van der Waals surface area contributed by atoms with Gasteiger partial charge in [-0.3, -0.25) is 0 Å². The molecule has 0 bridgehead atoms. The summed E-state index contributed by atoms with van der Waals surface area (Å²) in [5.74, 6) is 2.27. The Morgan fingerprint density at radius 2 is 2.04 bits per heavy atom. The van der Waals surface area contributed by atoms with E-state index >= 15 is 0 Å². The molecule has 0 aliphatic rings. The highest BCUT2D eigenvalue weighted by atomic mass is 35.5. The smallest absolute Gasteiger partial charge is 0.140 e. The average Bonchev–Trinajstić information content (AvgIpc) is 3.07. The molecule has 26 heavy (non-hydrogen) atoms. The molecule has 1 N–H and O–H groups in total. The summed E-state index contributed by atoms with van der Waals surface area (Å²) in [7, 11) is 0.